The maximum atomic E-state index is 12.8. The van der Waals surface area contributed by atoms with Crippen LogP contribution in [0.5, 0.6) is 0 Å². The molecule has 2 rings (SSSR count). The smallest absolute Gasteiger partial charge is 0.269 e. The summed E-state index contributed by atoms with van der Waals surface area (Å²) in [6.45, 7) is 0.493. The van der Waals surface area contributed by atoms with Gasteiger partial charge in [0.15, 0.2) is 0 Å². The fourth-order valence-electron chi connectivity index (χ4n) is 1.47. The molecule has 0 aliphatic heterocycles. The van der Waals surface area contributed by atoms with Crippen LogP contribution in [0.3, 0.4) is 0 Å². The number of amides is 1. The number of benzene rings is 1. The van der Waals surface area contributed by atoms with Gasteiger partial charge in [-0.1, -0.05) is 0 Å². The van der Waals surface area contributed by atoms with E-state index in [0.717, 1.165) is 5.56 Å². The van der Waals surface area contributed by atoms with Gasteiger partial charge in [-0.15, -0.1) is 0 Å². The third kappa shape index (κ3) is 2.89. The molecule has 94 valence electrons. The third-order valence-corrected chi connectivity index (χ3v) is 2.58. The van der Waals surface area contributed by atoms with Crippen LogP contribution in [0.1, 0.15) is 10.5 Å². The minimum absolute atomic E-state index is 0.232. The number of hydrogen-bond acceptors (Lipinski definition) is 3. The lowest BCUT2D eigenvalue weighted by atomic mass is 10.1. The van der Waals surface area contributed by atoms with Crippen LogP contribution in [0.15, 0.2) is 30.3 Å². The summed E-state index contributed by atoms with van der Waals surface area (Å²) in [7, 11) is 0. The first-order valence-corrected chi connectivity index (χ1v) is 6.04. The van der Waals surface area contributed by atoms with E-state index >= 15 is 0 Å². The lowest BCUT2D eigenvalue weighted by Crippen LogP contribution is -2.25. The first-order chi connectivity index (χ1) is 8.70. The van der Waals surface area contributed by atoms with Crippen molar-refractivity contribution in [2.24, 2.45) is 0 Å². The zero-order chi connectivity index (χ0) is 13.0. The number of rotatable bonds is 4. The Morgan fingerprint density at radius 1 is 1.39 bits per heavy atom. The molecule has 0 fully saturated rings. The standard InChI is InChI=1S/C12H12FN3OS/c13-9-3-1-8(2-4-9)10-7-11(16-15-10)12(17)14-5-6-18/h1-4,7,18H,5-6H2,(H,14,17)(H,15,16). The number of H-pyrrole nitrogens is 1. The summed E-state index contributed by atoms with van der Waals surface area (Å²) in [6, 6.07) is 7.55. The summed E-state index contributed by atoms with van der Waals surface area (Å²) in [4.78, 5) is 11.6. The lowest BCUT2D eigenvalue weighted by Gasteiger charge is -1.98. The molecule has 0 aliphatic rings. The Hall–Kier alpha value is -1.82. The van der Waals surface area contributed by atoms with E-state index in [9.17, 15) is 9.18 Å². The monoisotopic (exact) mass is 265 g/mol. The van der Waals surface area contributed by atoms with Gasteiger partial charge < -0.3 is 5.32 Å². The topological polar surface area (TPSA) is 57.8 Å². The fourth-order valence-corrected chi connectivity index (χ4v) is 1.58. The number of carbonyl (C=O) groups is 1. The van der Waals surface area contributed by atoms with Crippen LogP contribution in [-0.4, -0.2) is 28.4 Å². The number of carbonyl (C=O) groups excluding carboxylic acids is 1. The number of thiol groups is 1. The first kappa shape index (κ1) is 12.6. The van der Waals surface area contributed by atoms with Crippen molar-refractivity contribution in [1.82, 2.24) is 15.5 Å². The molecule has 0 atom stereocenters. The van der Waals surface area contributed by atoms with Gasteiger partial charge in [-0.25, -0.2) is 4.39 Å². The van der Waals surface area contributed by atoms with Crippen LogP contribution in [0.2, 0.25) is 0 Å². The summed E-state index contributed by atoms with van der Waals surface area (Å²) < 4.78 is 12.8. The Morgan fingerprint density at radius 3 is 2.78 bits per heavy atom. The summed E-state index contributed by atoms with van der Waals surface area (Å²) in [5, 5.41) is 9.34. The molecular formula is C12H12FN3OS. The molecule has 1 amide bonds. The largest absolute Gasteiger partial charge is 0.350 e. The van der Waals surface area contributed by atoms with E-state index in [2.05, 4.69) is 28.1 Å². The number of halogens is 1. The maximum absolute atomic E-state index is 12.8. The molecule has 0 aliphatic carbocycles. The van der Waals surface area contributed by atoms with Crippen LogP contribution in [0, 0.1) is 5.82 Å². The Balaban J connectivity index is 2.15. The summed E-state index contributed by atoms with van der Waals surface area (Å²) in [6.07, 6.45) is 0. The highest BCUT2D eigenvalue weighted by molar-refractivity contribution is 7.80. The average Bonchev–Trinajstić information content (AvgIpc) is 2.86. The Kier molecular flexibility index (Phi) is 3.99. The van der Waals surface area contributed by atoms with Crippen molar-refractivity contribution in [2.75, 3.05) is 12.3 Å². The maximum Gasteiger partial charge on any atom is 0.269 e. The van der Waals surface area contributed by atoms with Crippen LogP contribution >= 0.6 is 12.6 Å². The number of aromatic nitrogens is 2. The van der Waals surface area contributed by atoms with Gasteiger partial charge in [0.2, 0.25) is 0 Å². The predicted octanol–water partition coefficient (Wildman–Crippen LogP) is 1.88. The van der Waals surface area contributed by atoms with Gasteiger partial charge in [-0.3, -0.25) is 9.89 Å². The van der Waals surface area contributed by atoms with Crippen molar-refractivity contribution in [2.45, 2.75) is 0 Å². The highest BCUT2D eigenvalue weighted by Gasteiger charge is 2.10. The second-order valence-electron chi connectivity index (χ2n) is 3.65. The van der Waals surface area contributed by atoms with Crippen molar-refractivity contribution >= 4 is 18.5 Å². The van der Waals surface area contributed by atoms with E-state index in [0.29, 0.717) is 23.7 Å². The molecule has 18 heavy (non-hydrogen) atoms. The highest BCUT2D eigenvalue weighted by Crippen LogP contribution is 2.17. The molecule has 0 radical (unpaired) electrons. The molecule has 2 N–H and O–H groups in total. The van der Waals surface area contributed by atoms with Gasteiger partial charge in [-0.05, 0) is 30.3 Å². The number of nitrogens with zero attached hydrogens (tertiary/aromatic N) is 1. The van der Waals surface area contributed by atoms with Gasteiger partial charge in [-0.2, -0.15) is 17.7 Å². The highest BCUT2D eigenvalue weighted by atomic mass is 32.1. The van der Waals surface area contributed by atoms with Gasteiger partial charge in [0.25, 0.3) is 5.91 Å². The normalized spacial score (nSPS) is 10.3. The number of aromatic amines is 1. The zero-order valence-corrected chi connectivity index (χ0v) is 10.4. The summed E-state index contributed by atoms with van der Waals surface area (Å²) in [5.74, 6) is 0.0379. The van der Waals surface area contributed by atoms with Gasteiger partial charge in [0.05, 0.1) is 5.69 Å². The van der Waals surface area contributed by atoms with Crippen molar-refractivity contribution in [1.29, 1.82) is 0 Å². The Morgan fingerprint density at radius 2 is 2.11 bits per heavy atom. The second kappa shape index (κ2) is 5.68. The first-order valence-electron chi connectivity index (χ1n) is 5.41. The average molecular weight is 265 g/mol. The van der Waals surface area contributed by atoms with E-state index in [4.69, 9.17) is 0 Å². The van der Waals surface area contributed by atoms with Gasteiger partial charge in [0, 0.05) is 17.9 Å². The molecule has 1 heterocycles. The fraction of sp³-hybridized carbons (Fsp3) is 0.167. The Bertz CT molecular complexity index is 539. The second-order valence-corrected chi connectivity index (χ2v) is 4.10. The molecule has 0 saturated carbocycles. The molecule has 0 unspecified atom stereocenters. The van der Waals surface area contributed by atoms with E-state index in [1.807, 2.05) is 0 Å². The minimum Gasteiger partial charge on any atom is -0.350 e. The summed E-state index contributed by atoms with van der Waals surface area (Å²) in [5.41, 5.74) is 1.73. The van der Waals surface area contributed by atoms with Crippen LogP contribution in [-0.2, 0) is 0 Å². The van der Waals surface area contributed by atoms with Crippen molar-refractivity contribution < 1.29 is 9.18 Å². The van der Waals surface area contributed by atoms with Crippen LogP contribution in [0.4, 0.5) is 4.39 Å². The molecular weight excluding hydrogens is 253 g/mol. The van der Waals surface area contributed by atoms with Crippen molar-refractivity contribution in [3.8, 4) is 11.3 Å². The quantitative estimate of drug-likeness (QED) is 0.739. The summed E-state index contributed by atoms with van der Waals surface area (Å²) >= 11 is 4.00. The molecule has 1 aromatic heterocycles. The van der Waals surface area contributed by atoms with Crippen LogP contribution in [0.25, 0.3) is 11.3 Å². The van der Waals surface area contributed by atoms with Gasteiger partial charge in [0.1, 0.15) is 11.5 Å². The van der Waals surface area contributed by atoms with E-state index in [1.165, 1.54) is 12.1 Å². The molecule has 0 spiro atoms. The van der Waals surface area contributed by atoms with Crippen molar-refractivity contribution in [3.63, 3.8) is 0 Å². The minimum atomic E-state index is -0.305. The molecule has 0 saturated heterocycles. The molecule has 6 heteroatoms. The lowest BCUT2D eigenvalue weighted by molar-refractivity contribution is 0.0951. The molecule has 4 nitrogen and oxygen atoms in total. The molecule has 1 aromatic carbocycles. The zero-order valence-electron chi connectivity index (χ0n) is 9.48. The number of nitrogens with one attached hydrogen (secondary N) is 2. The van der Waals surface area contributed by atoms with E-state index in [-0.39, 0.29) is 11.7 Å². The Labute approximate surface area is 109 Å². The SMILES string of the molecule is O=C(NCCS)c1cc(-c2ccc(F)cc2)n[nH]1. The molecule has 2 aromatic rings. The number of hydrogen-bond donors (Lipinski definition) is 3. The molecule has 0 bridgehead atoms. The van der Waals surface area contributed by atoms with Crippen molar-refractivity contribution in [3.05, 3.63) is 41.8 Å². The third-order valence-electron chi connectivity index (χ3n) is 2.36. The van der Waals surface area contributed by atoms with Crippen LogP contribution < -0.4 is 5.32 Å². The van der Waals surface area contributed by atoms with E-state index in [1.54, 1.807) is 18.2 Å². The van der Waals surface area contributed by atoms with E-state index < -0.39 is 0 Å². The van der Waals surface area contributed by atoms with Gasteiger partial charge >= 0.3 is 0 Å². The predicted molar refractivity (Wildman–Crippen MR) is 70.2 cm³/mol.